The van der Waals surface area contributed by atoms with Gasteiger partial charge in [0.15, 0.2) is 5.82 Å². The molecule has 4 fully saturated rings. The van der Waals surface area contributed by atoms with E-state index in [1.54, 1.807) is 22.0 Å². The summed E-state index contributed by atoms with van der Waals surface area (Å²) in [6.45, 7) is 1.46. The van der Waals surface area contributed by atoms with Gasteiger partial charge in [0.25, 0.3) is 0 Å². The molecule has 3 aliphatic carbocycles. The quantitative estimate of drug-likeness (QED) is 0.753. The molecule has 0 spiro atoms. The summed E-state index contributed by atoms with van der Waals surface area (Å²) in [6.07, 6.45) is 6.65. The van der Waals surface area contributed by atoms with Crippen molar-refractivity contribution in [2.45, 2.75) is 31.3 Å². The smallest absolute Gasteiger partial charge is 0.312 e. The predicted molar refractivity (Wildman–Crippen MR) is 86.4 cm³/mol. The van der Waals surface area contributed by atoms with E-state index in [1.807, 2.05) is 23.1 Å². The number of nitrogens with zero attached hydrogens (tertiary/aromatic N) is 6. The van der Waals surface area contributed by atoms with E-state index >= 15 is 0 Å². The molecule has 1 aliphatic heterocycles. The van der Waals surface area contributed by atoms with E-state index < -0.39 is 5.91 Å². The molecule has 0 aromatic carbocycles. The van der Waals surface area contributed by atoms with Gasteiger partial charge in [-0.1, -0.05) is 11.3 Å². The Kier molecular flexibility index (Phi) is 2.98. The molecule has 3 saturated carbocycles. The van der Waals surface area contributed by atoms with Crippen molar-refractivity contribution in [2.24, 2.45) is 5.92 Å². The maximum atomic E-state index is 12.5. The highest BCUT2D eigenvalue weighted by Crippen LogP contribution is 2.60. The third kappa shape index (κ3) is 2.16. The molecule has 0 N–H and O–H groups in total. The number of amides is 2. The number of hydrogen-bond donors (Lipinski definition) is 0. The van der Waals surface area contributed by atoms with E-state index in [4.69, 9.17) is 0 Å². The second kappa shape index (κ2) is 5.11. The maximum Gasteiger partial charge on any atom is 0.312 e. The predicted octanol–water partition coefficient (Wildman–Crippen LogP) is 0.386. The lowest BCUT2D eigenvalue weighted by molar-refractivity contribution is -0.186. The standard InChI is InChI=1S/C17H18N6O2/c24-15-16(25)22(17-7-12(8-17)9-17)6-5-21(15)10-13-11-23(20-19-13)14-3-1-2-4-18-14/h1-4,11-12H,5-10H2. The summed E-state index contributed by atoms with van der Waals surface area (Å²) in [4.78, 5) is 32.6. The first-order valence-electron chi connectivity index (χ1n) is 8.58. The van der Waals surface area contributed by atoms with Crippen LogP contribution < -0.4 is 0 Å². The largest absolute Gasteiger partial charge is 0.327 e. The summed E-state index contributed by atoms with van der Waals surface area (Å²) in [5.41, 5.74) is 0.650. The summed E-state index contributed by atoms with van der Waals surface area (Å²) in [7, 11) is 0. The molecule has 128 valence electrons. The second-order valence-electron chi connectivity index (χ2n) is 7.23. The van der Waals surface area contributed by atoms with E-state index in [0.29, 0.717) is 31.1 Å². The first kappa shape index (κ1) is 14.6. The van der Waals surface area contributed by atoms with Crippen LogP contribution >= 0.6 is 0 Å². The minimum Gasteiger partial charge on any atom is -0.327 e. The van der Waals surface area contributed by atoms with Crippen LogP contribution in [0.2, 0.25) is 0 Å². The van der Waals surface area contributed by atoms with Crippen molar-refractivity contribution >= 4 is 11.8 Å². The van der Waals surface area contributed by atoms with Gasteiger partial charge in [-0.3, -0.25) is 9.59 Å². The van der Waals surface area contributed by atoms with E-state index in [2.05, 4.69) is 15.3 Å². The zero-order valence-electron chi connectivity index (χ0n) is 13.7. The van der Waals surface area contributed by atoms with Crippen molar-refractivity contribution in [3.8, 4) is 5.82 Å². The van der Waals surface area contributed by atoms with Crippen LogP contribution in [-0.2, 0) is 16.1 Å². The van der Waals surface area contributed by atoms with Crippen LogP contribution in [0.1, 0.15) is 25.0 Å². The van der Waals surface area contributed by atoms with Gasteiger partial charge >= 0.3 is 11.8 Å². The highest BCUT2D eigenvalue weighted by molar-refractivity contribution is 6.35. The molecule has 3 heterocycles. The van der Waals surface area contributed by atoms with Crippen LogP contribution in [0.5, 0.6) is 0 Å². The van der Waals surface area contributed by atoms with Gasteiger partial charge < -0.3 is 9.80 Å². The molecule has 2 amide bonds. The maximum absolute atomic E-state index is 12.5. The molecule has 0 atom stereocenters. The zero-order valence-corrected chi connectivity index (χ0v) is 13.7. The number of rotatable bonds is 4. The molecule has 2 aromatic heterocycles. The Hall–Kier alpha value is -2.77. The fourth-order valence-corrected chi connectivity index (χ4v) is 4.21. The van der Waals surface area contributed by atoms with Gasteiger partial charge in [-0.15, -0.1) is 5.10 Å². The van der Waals surface area contributed by atoms with Gasteiger partial charge in [0, 0.05) is 24.8 Å². The summed E-state index contributed by atoms with van der Waals surface area (Å²) in [5, 5.41) is 8.15. The van der Waals surface area contributed by atoms with Crippen molar-refractivity contribution in [1.82, 2.24) is 29.8 Å². The first-order valence-corrected chi connectivity index (χ1v) is 8.58. The molecular formula is C17H18N6O2. The normalized spacial score (nSPS) is 27.9. The topological polar surface area (TPSA) is 84.2 Å². The molecule has 1 saturated heterocycles. The zero-order chi connectivity index (χ0) is 17.0. The Morgan fingerprint density at radius 1 is 1.12 bits per heavy atom. The number of carbonyl (C=O) groups excluding carboxylic acids is 2. The molecule has 2 aromatic rings. The average molecular weight is 338 g/mol. The molecule has 0 radical (unpaired) electrons. The van der Waals surface area contributed by atoms with Gasteiger partial charge in [0.1, 0.15) is 5.69 Å². The van der Waals surface area contributed by atoms with Crippen LogP contribution in [0, 0.1) is 5.92 Å². The van der Waals surface area contributed by atoms with Crippen molar-refractivity contribution in [1.29, 1.82) is 0 Å². The molecule has 4 aliphatic rings. The molecule has 8 heteroatoms. The van der Waals surface area contributed by atoms with E-state index in [0.717, 1.165) is 25.2 Å². The molecule has 2 bridgehead atoms. The molecule has 6 rings (SSSR count). The third-order valence-corrected chi connectivity index (χ3v) is 5.67. The van der Waals surface area contributed by atoms with Crippen LogP contribution in [0.4, 0.5) is 0 Å². The van der Waals surface area contributed by atoms with E-state index in [1.165, 1.54) is 0 Å². The molecular weight excluding hydrogens is 320 g/mol. The van der Waals surface area contributed by atoms with Gasteiger partial charge in [-0.25, -0.2) is 9.67 Å². The van der Waals surface area contributed by atoms with Crippen molar-refractivity contribution < 1.29 is 9.59 Å². The summed E-state index contributed by atoms with van der Waals surface area (Å²) in [6, 6.07) is 5.53. The van der Waals surface area contributed by atoms with E-state index in [9.17, 15) is 9.59 Å². The summed E-state index contributed by atoms with van der Waals surface area (Å²) in [5.74, 6) is 0.657. The van der Waals surface area contributed by atoms with E-state index in [-0.39, 0.29) is 11.4 Å². The Bertz CT molecular complexity index is 831. The Balaban J connectivity index is 1.28. The second-order valence-corrected chi connectivity index (χ2v) is 7.23. The lowest BCUT2D eigenvalue weighted by Crippen LogP contribution is -2.73. The fourth-order valence-electron chi connectivity index (χ4n) is 4.21. The number of aromatic nitrogens is 4. The van der Waals surface area contributed by atoms with Crippen LogP contribution in [0.3, 0.4) is 0 Å². The minimum atomic E-state index is -0.427. The highest BCUT2D eigenvalue weighted by Gasteiger charge is 2.62. The number of pyridine rings is 1. The Morgan fingerprint density at radius 2 is 1.96 bits per heavy atom. The number of piperazine rings is 1. The number of hydrogen-bond acceptors (Lipinski definition) is 5. The van der Waals surface area contributed by atoms with Gasteiger partial charge in [-0.2, -0.15) is 0 Å². The average Bonchev–Trinajstić information content (AvgIpc) is 3.01. The van der Waals surface area contributed by atoms with Gasteiger partial charge in [0.2, 0.25) is 0 Å². The van der Waals surface area contributed by atoms with Crippen molar-refractivity contribution in [3.63, 3.8) is 0 Å². The highest BCUT2D eigenvalue weighted by atomic mass is 16.2. The van der Waals surface area contributed by atoms with Crippen LogP contribution in [0.15, 0.2) is 30.6 Å². The Labute approximate surface area is 144 Å². The summed E-state index contributed by atoms with van der Waals surface area (Å²) < 4.78 is 1.57. The summed E-state index contributed by atoms with van der Waals surface area (Å²) >= 11 is 0. The monoisotopic (exact) mass is 338 g/mol. The van der Waals surface area contributed by atoms with Crippen LogP contribution in [-0.4, -0.2) is 60.2 Å². The third-order valence-electron chi connectivity index (χ3n) is 5.67. The first-order chi connectivity index (χ1) is 12.1. The molecule has 8 nitrogen and oxygen atoms in total. The lowest BCUT2D eigenvalue weighted by Gasteiger charge is -2.66. The number of carbonyl (C=O) groups is 2. The lowest BCUT2D eigenvalue weighted by atomic mass is 9.49. The van der Waals surface area contributed by atoms with Gasteiger partial charge in [0.05, 0.1) is 12.7 Å². The Morgan fingerprint density at radius 3 is 2.64 bits per heavy atom. The van der Waals surface area contributed by atoms with Gasteiger partial charge in [-0.05, 0) is 37.3 Å². The van der Waals surface area contributed by atoms with Crippen LogP contribution in [0.25, 0.3) is 5.82 Å². The molecule has 0 unspecified atom stereocenters. The fraction of sp³-hybridized carbons (Fsp3) is 0.471. The minimum absolute atomic E-state index is 0.00557. The van der Waals surface area contributed by atoms with Crippen molar-refractivity contribution in [2.75, 3.05) is 13.1 Å². The van der Waals surface area contributed by atoms with Crippen molar-refractivity contribution in [3.05, 3.63) is 36.3 Å². The SMILES string of the molecule is O=C1C(=O)N(C23CC(C2)C3)CCN1Cc1cn(-c2ccccn2)nn1. The molecule has 25 heavy (non-hydrogen) atoms.